The molecule has 1 saturated heterocycles. The fourth-order valence-corrected chi connectivity index (χ4v) is 3.55. The van der Waals surface area contributed by atoms with Gasteiger partial charge in [0, 0.05) is 5.75 Å². The van der Waals surface area contributed by atoms with Crippen molar-refractivity contribution in [1.82, 2.24) is 4.90 Å². The first-order valence-electron chi connectivity index (χ1n) is 5.82. The largest absolute Gasteiger partial charge is 0.477 e. The van der Waals surface area contributed by atoms with Crippen LogP contribution in [0.25, 0.3) is 0 Å². The molecule has 0 saturated carbocycles. The number of amides is 1. The van der Waals surface area contributed by atoms with Gasteiger partial charge in [-0.15, -0.1) is 0 Å². The molecule has 104 valence electrons. The number of fused-ring (bicyclic) bond motifs is 1. The summed E-state index contributed by atoms with van der Waals surface area (Å²) in [5.74, 6) is -1.62. The van der Waals surface area contributed by atoms with Crippen LogP contribution in [0.15, 0.2) is 16.4 Å². The van der Waals surface area contributed by atoms with Crippen LogP contribution in [0.3, 0.4) is 0 Å². The van der Waals surface area contributed by atoms with E-state index in [0.717, 1.165) is 11.3 Å². The summed E-state index contributed by atoms with van der Waals surface area (Å²) < 4.78 is 12.0. The smallest absolute Gasteiger partial charge is 0.352 e. The van der Waals surface area contributed by atoms with Gasteiger partial charge in [0.15, 0.2) is 11.1 Å². The molecule has 2 atom stereocenters. The molecule has 2 aliphatic rings. The van der Waals surface area contributed by atoms with E-state index in [1.807, 2.05) is 6.92 Å². The first kappa shape index (κ1) is 13.7. The topological polar surface area (TPSA) is 96.3 Å². The summed E-state index contributed by atoms with van der Waals surface area (Å²) in [6.45, 7) is 3.81. The Bertz CT molecular complexity index is 525. The molecule has 1 amide bonds. The molecule has 0 aliphatic carbocycles. The third kappa shape index (κ3) is 2.16. The standard InChI is InChI=1S/C11H14N2O5S/c1-3-4-18-12-7-9(14)13-8(11(15)16)6(2)5-19(17)10(7)13/h10H,3-5H2,1-2H3,(H,15,16)/b12-7+/t10-,19?/m1/s1. The summed E-state index contributed by atoms with van der Waals surface area (Å²) in [5.41, 5.74) is 0.381. The second-order valence-corrected chi connectivity index (χ2v) is 5.79. The third-order valence-corrected chi connectivity index (χ3v) is 4.47. The lowest BCUT2D eigenvalue weighted by Crippen LogP contribution is -2.66. The van der Waals surface area contributed by atoms with Gasteiger partial charge in [0.1, 0.15) is 12.3 Å². The average molecular weight is 286 g/mol. The summed E-state index contributed by atoms with van der Waals surface area (Å²) in [6.07, 6.45) is 0.738. The summed E-state index contributed by atoms with van der Waals surface area (Å²) >= 11 is 0. The Labute approximate surface area is 112 Å². The highest BCUT2D eigenvalue weighted by Crippen LogP contribution is 2.32. The number of carboxylic acid groups (broad SMARTS) is 1. The first-order chi connectivity index (χ1) is 8.99. The lowest BCUT2D eigenvalue weighted by Gasteiger charge is -2.43. The molecule has 2 heterocycles. The predicted molar refractivity (Wildman–Crippen MR) is 67.7 cm³/mol. The fourth-order valence-electron chi connectivity index (χ4n) is 2.00. The van der Waals surface area contributed by atoms with Gasteiger partial charge in [-0.2, -0.15) is 0 Å². The molecule has 0 aromatic heterocycles. The summed E-state index contributed by atoms with van der Waals surface area (Å²) in [5, 5.41) is 12.0. The minimum atomic E-state index is -1.38. The number of aliphatic carboxylic acids is 1. The van der Waals surface area contributed by atoms with Crippen LogP contribution in [0.4, 0.5) is 0 Å². The Hall–Kier alpha value is -1.70. The zero-order chi connectivity index (χ0) is 14.2. The van der Waals surface area contributed by atoms with E-state index in [2.05, 4.69) is 5.16 Å². The molecular weight excluding hydrogens is 272 g/mol. The molecule has 0 radical (unpaired) electrons. The third-order valence-electron chi connectivity index (χ3n) is 2.82. The van der Waals surface area contributed by atoms with Crippen LogP contribution in [0.5, 0.6) is 0 Å². The Balaban J connectivity index is 2.29. The number of carbonyl (C=O) groups excluding carboxylic acids is 1. The molecule has 0 spiro atoms. The molecule has 1 N–H and O–H groups in total. The highest BCUT2D eigenvalue weighted by molar-refractivity contribution is 7.87. The van der Waals surface area contributed by atoms with Crippen LogP contribution in [0.2, 0.25) is 0 Å². The molecule has 8 heteroatoms. The highest BCUT2D eigenvalue weighted by atomic mass is 32.2. The second kappa shape index (κ2) is 5.12. The zero-order valence-corrected chi connectivity index (χ0v) is 11.4. The van der Waals surface area contributed by atoms with Crippen molar-refractivity contribution < 1.29 is 23.7 Å². The maximum absolute atomic E-state index is 12.0. The molecule has 0 bridgehead atoms. The average Bonchev–Trinajstić information content (AvgIpc) is 2.34. The lowest BCUT2D eigenvalue weighted by molar-refractivity contribution is -0.139. The quantitative estimate of drug-likeness (QED) is 0.448. The summed E-state index contributed by atoms with van der Waals surface area (Å²) in [7, 11) is -1.38. The van der Waals surface area contributed by atoms with Crippen molar-refractivity contribution in [3.63, 3.8) is 0 Å². The summed E-state index contributed by atoms with van der Waals surface area (Å²) in [6, 6.07) is 0. The van der Waals surface area contributed by atoms with Gasteiger partial charge in [-0.05, 0) is 18.9 Å². The van der Waals surface area contributed by atoms with Crippen LogP contribution in [0, 0.1) is 0 Å². The van der Waals surface area contributed by atoms with Crippen molar-refractivity contribution in [3.05, 3.63) is 11.3 Å². The van der Waals surface area contributed by atoms with E-state index in [9.17, 15) is 13.8 Å². The first-order valence-corrected chi connectivity index (χ1v) is 7.20. The molecule has 0 aromatic rings. The van der Waals surface area contributed by atoms with Crippen LogP contribution in [-0.2, 0) is 25.2 Å². The number of β-lactam (4-membered cyclic amide) rings is 1. The van der Waals surface area contributed by atoms with Gasteiger partial charge in [-0.25, -0.2) is 4.79 Å². The summed E-state index contributed by atoms with van der Waals surface area (Å²) in [4.78, 5) is 29.0. The molecule has 1 unspecified atom stereocenters. The van der Waals surface area contributed by atoms with E-state index >= 15 is 0 Å². The van der Waals surface area contributed by atoms with E-state index in [1.54, 1.807) is 6.92 Å². The van der Waals surface area contributed by atoms with Gasteiger partial charge in [-0.3, -0.25) is 13.9 Å². The molecule has 1 fully saturated rings. The van der Waals surface area contributed by atoms with Gasteiger partial charge in [0.2, 0.25) is 0 Å². The minimum absolute atomic E-state index is 0.0398. The van der Waals surface area contributed by atoms with Gasteiger partial charge in [0.05, 0.1) is 10.8 Å². The maximum Gasteiger partial charge on any atom is 0.352 e. The van der Waals surface area contributed by atoms with Crippen LogP contribution < -0.4 is 0 Å². The van der Waals surface area contributed by atoms with Gasteiger partial charge < -0.3 is 9.94 Å². The number of hydrogen-bond donors (Lipinski definition) is 1. The van der Waals surface area contributed by atoms with Gasteiger partial charge in [-0.1, -0.05) is 12.1 Å². The van der Waals surface area contributed by atoms with Crippen LogP contribution in [0.1, 0.15) is 20.3 Å². The number of nitrogens with zero attached hydrogens (tertiary/aromatic N) is 2. The normalized spacial score (nSPS) is 28.2. The van der Waals surface area contributed by atoms with Crippen LogP contribution in [-0.4, -0.2) is 49.5 Å². The Morgan fingerprint density at radius 3 is 2.89 bits per heavy atom. The number of hydrogen-bond acceptors (Lipinski definition) is 5. The Morgan fingerprint density at radius 1 is 1.63 bits per heavy atom. The zero-order valence-electron chi connectivity index (χ0n) is 10.6. The van der Waals surface area contributed by atoms with Crippen molar-refractivity contribution in [3.8, 4) is 0 Å². The molecule has 19 heavy (non-hydrogen) atoms. The predicted octanol–water partition coefficient (Wildman–Crippen LogP) is 0.0582. The van der Waals surface area contributed by atoms with Crippen molar-refractivity contribution in [1.29, 1.82) is 0 Å². The highest BCUT2D eigenvalue weighted by Gasteiger charge is 2.54. The molecule has 0 aromatic carbocycles. The van der Waals surface area contributed by atoms with Crippen molar-refractivity contribution >= 4 is 28.4 Å². The molecule has 2 rings (SSSR count). The van der Waals surface area contributed by atoms with Crippen molar-refractivity contribution in [2.24, 2.45) is 5.16 Å². The number of oxime groups is 1. The number of rotatable bonds is 4. The lowest BCUT2D eigenvalue weighted by atomic mass is 10.1. The number of carboxylic acids is 1. The SMILES string of the molecule is CCCO/N=C1\C(=O)N2C(C(=O)O)=C(C)CS(=O)[C@H]12. The van der Waals surface area contributed by atoms with E-state index in [4.69, 9.17) is 9.94 Å². The van der Waals surface area contributed by atoms with Crippen LogP contribution >= 0.6 is 0 Å². The second-order valence-electron chi connectivity index (χ2n) is 4.30. The van der Waals surface area contributed by atoms with Gasteiger partial charge in [0.25, 0.3) is 5.91 Å². The van der Waals surface area contributed by atoms with E-state index < -0.39 is 28.0 Å². The maximum atomic E-state index is 12.0. The van der Waals surface area contributed by atoms with Gasteiger partial charge >= 0.3 is 5.97 Å². The van der Waals surface area contributed by atoms with E-state index in [-0.39, 0.29) is 17.2 Å². The van der Waals surface area contributed by atoms with Crippen molar-refractivity contribution in [2.45, 2.75) is 25.6 Å². The van der Waals surface area contributed by atoms with Crippen molar-refractivity contribution in [2.75, 3.05) is 12.4 Å². The van der Waals surface area contributed by atoms with E-state index in [1.165, 1.54) is 0 Å². The molecule has 7 nitrogen and oxygen atoms in total. The Morgan fingerprint density at radius 2 is 2.32 bits per heavy atom. The molecular formula is C11H14N2O5S. The fraction of sp³-hybridized carbons (Fsp3) is 0.545. The molecule has 2 aliphatic heterocycles. The Kier molecular flexibility index (Phi) is 3.70. The minimum Gasteiger partial charge on any atom is -0.477 e. The van der Waals surface area contributed by atoms with E-state index in [0.29, 0.717) is 12.2 Å². The monoisotopic (exact) mass is 286 g/mol. The number of carbonyl (C=O) groups is 2.